The number of hydrogen-bond donors (Lipinski definition) is 0. The molecule has 1 aliphatic rings. The first-order valence-corrected chi connectivity index (χ1v) is 45.3. The van der Waals surface area contributed by atoms with Gasteiger partial charge in [-0.15, -0.1) is 4.20 Å². The van der Waals surface area contributed by atoms with E-state index in [4.69, 9.17) is 9.05 Å². The van der Waals surface area contributed by atoms with Crippen molar-refractivity contribution in [2.24, 2.45) is 0 Å². The van der Waals surface area contributed by atoms with Gasteiger partial charge in [0.25, 0.3) is 0 Å². The number of benzene rings is 2. The average molecular weight is 1370 g/mol. The first kappa shape index (κ1) is 89.6. The van der Waals surface area contributed by atoms with Crippen LogP contribution in [0.5, 0.6) is 11.5 Å². The molecule has 1 aliphatic heterocycles. The summed E-state index contributed by atoms with van der Waals surface area (Å²) in [5.74, 6) is 1.55. The molecule has 0 fully saturated rings. The molecule has 0 saturated carbocycles. The Morgan fingerprint density at radius 3 is 0.598 bits per heavy atom. The van der Waals surface area contributed by atoms with Gasteiger partial charge in [-0.05, 0) is 69.6 Å². The topological polar surface area (TPSA) is 18.5 Å². The molecular formula is C93H170FO2P. The zero-order valence-electron chi connectivity index (χ0n) is 67.9. The van der Waals surface area contributed by atoms with E-state index in [0.29, 0.717) is 6.42 Å². The molecule has 0 unspecified atom stereocenters. The number of unbranched alkanes of at least 4 members (excludes halogenated alkanes) is 56. The summed E-state index contributed by atoms with van der Waals surface area (Å²) in [4.78, 5) is 0. The van der Waals surface area contributed by atoms with Gasteiger partial charge in [0, 0.05) is 17.5 Å². The summed E-state index contributed by atoms with van der Waals surface area (Å²) in [6.07, 6.45) is 88.0. The van der Waals surface area contributed by atoms with Crippen LogP contribution in [0.2, 0.25) is 0 Å². The second-order valence-corrected chi connectivity index (χ2v) is 35.7. The molecule has 0 saturated heterocycles. The molecule has 0 N–H and O–H groups in total. The Hall–Kier alpha value is -1.60. The molecule has 0 amide bonds. The smallest absolute Gasteiger partial charge is 0.414 e. The summed E-state index contributed by atoms with van der Waals surface area (Å²) in [6.45, 7) is 29.0. The van der Waals surface area contributed by atoms with Crippen molar-refractivity contribution in [1.29, 1.82) is 0 Å². The van der Waals surface area contributed by atoms with E-state index in [1.807, 2.05) is 0 Å². The lowest BCUT2D eigenvalue weighted by molar-refractivity contribution is 0.383. The van der Waals surface area contributed by atoms with Crippen LogP contribution in [0, 0.1) is 0 Å². The van der Waals surface area contributed by atoms with Crippen LogP contribution in [0.25, 0.3) is 0 Å². The van der Waals surface area contributed by atoms with E-state index >= 15 is 4.20 Å². The van der Waals surface area contributed by atoms with Crippen molar-refractivity contribution in [1.82, 2.24) is 0 Å². The van der Waals surface area contributed by atoms with Gasteiger partial charge < -0.3 is 9.05 Å². The number of hydrogen-bond acceptors (Lipinski definition) is 2. The van der Waals surface area contributed by atoms with Crippen LogP contribution >= 0.6 is 8.69 Å². The fourth-order valence-electron chi connectivity index (χ4n) is 16.3. The number of rotatable bonds is 68. The van der Waals surface area contributed by atoms with E-state index in [1.54, 1.807) is 0 Å². The van der Waals surface area contributed by atoms with E-state index in [9.17, 15) is 0 Å². The minimum Gasteiger partial charge on any atom is -0.414 e. The third kappa shape index (κ3) is 42.1. The van der Waals surface area contributed by atoms with Crippen LogP contribution < -0.4 is 9.05 Å². The Bertz CT molecular complexity index is 1990. The molecule has 0 aromatic heterocycles. The van der Waals surface area contributed by atoms with Gasteiger partial charge in [0.2, 0.25) is 0 Å². The molecule has 97 heavy (non-hydrogen) atoms. The van der Waals surface area contributed by atoms with Gasteiger partial charge >= 0.3 is 8.69 Å². The van der Waals surface area contributed by atoms with Crippen LogP contribution in [0.4, 0.5) is 4.20 Å². The molecular weight excluding hydrogens is 1200 g/mol. The molecule has 566 valence electrons. The zero-order valence-corrected chi connectivity index (χ0v) is 68.8. The molecule has 1 heterocycles. The lowest BCUT2D eigenvalue weighted by Crippen LogP contribution is -2.25. The Labute approximate surface area is 609 Å². The molecule has 2 aromatic carbocycles. The zero-order chi connectivity index (χ0) is 70.4. The van der Waals surface area contributed by atoms with Crippen LogP contribution in [0.15, 0.2) is 24.3 Å². The quantitative estimate of drug-likeness (QED) is 0.0485. The van der Waals surface area contributed by atoms with E-state index in [1.165, 1.54) is 419 Å². The lowest BCUT2D eigenvalue weighted by atomic mass is 9.72. The van der Waals surface area contributed by atoms with E-state index in [2.05, 4.69) is 107 Å². The maximum absolute atomic E-state index is 17.5. The van der Waals surface area contributed by atoms with Gasteiger partial charge in [-0.2, -0.15) is 0 Å². The Morgan fingerprint density at radius 2 is 0.412 bits per heavy atom. The normalized spacial score (nSPS) is 13.2. The van der Waals surface area contributed by atoms with Crippen molar-refractivity contribution >= 4 is 8.69 Å². The molecule has 4 heteroatoms. The summed E-state index contributed by atoms with van der Waals surface area (Å²) in [5.41, 5.74) is 7.13. The maximum atomic E-state index is 17.5. The van der Waals surface area contributed by atoms with E-state index in [0.717, 1.165) is 37.2 Å². The standard InChI is InChI=1S/C93H170FO2P/c1-13-17-21-25-29-33-37-41-45-49-53-57-61-65-69-73-90(5,6)84-78-82-77-83-79-85(91(7,8)74-70-66-62-58-54-50-46-42-38-34-30-26-22-18-14-2)81-87(93(11,12)76-72-68-64-60-56-52-48-44-40-36-32-28-24-20-16-4)89(83)96-97(94)95-88(82)86(80-84)92(9,10)75-71-67-63-59-55-51-47-43-39-35-31-27-23-19-15-3/h78-81H,13-77H2,1-12H3. The fourth-order valence-corrected chi connectivity index (χ4v) is 17.1. The molecule has 2 nitrogen and oxygen atoms in total. The second kappa shape index (κ2) is 56.8. The van der Waals surface area contributed by atoms with Crippen molar-refractivity contribution in [3.05, 3.63) is 57.6 Å². The molecule has 0 spiro atoms. The largest absolute Gasteiger partial charge is 0.505 e. The van der Waals surface area contributed by atoms with Crippen molar-refractivity contribution in [2.75, 3.05) is 0 Å². The summed E-state index contributed by atoms with van der Waals surface area (Å²) < 4.78 is 31.0. The van der Waals surface area contributed by atoms with Gasteiger partial charge in [0.1, 0.15) is 11.5 Å². The van der Waals surface area contributed by atoms with Crippen molar-refractivity contribution < 1.29 is 13.2 Å². The van der Waals surface area contributed by atoms with Crippen molar-refractivity contribution in [3.8, 4) is 11.5 Å². The van der Waals surface area contributed by atoms with Gasteiger partial charge in [-0.3, -0.25) is 0 Å². The Balaban J connectivity index is 1.86. The molecule has 0 bridgehead atoms. The highest BCUT2D eigenvalue weighted by molar-refractivity contribution is 7.42. The highest BCUT2D eigenvalue weighted by Gasteiger charge is 2.37. The summed E-state index contributed by atoms with van der Waals surface area (Å²) >= 11 is 0. The minimum atomic E-state index is -2.73. The molecule has 3 rings (SSSR count). The first-order valence-electron chi connectivity index (χ1n) is 44.2. The second-order valence-electron chi connectivity index (χ2n) is 34.9. The molecule has 0 aliphatic carbocycles. The van der Waals surface area contributed by atoms with Crippen molar-refractivity contribution in [3.63, 3.8) is 0 Å². The predicted molar refractivity (Wildman–Crippen MR) is 435 cm³/mol. The van der Waals surface area contributed by atoms with E-state index < -0.39 is 8.69 Å². The highest BCUT2D eigenvalue weighted by Crippen LogP contribution is 2.55. The lowest BCUT2D eigenvalue weighted by Gasteiger charge is -2.36. The highest BCUT2D eigenvalue weighted by atomic mass is 31.2. The SMILES string of the molecule is CCCCCCCCCCCCCCCCCC(C)(C)c1cc2c(c(C(C)(C)CCCCCCCCCCCCCCCCC)c1)OP(F)Oc1c(cc(C(C)(C)CCCCCCCCCCCCCCCCC)cc1C(C)(C)CCCCCCCCCCCCCCCCC)C2. The monoisotopic (exact) mass is 1370 g/mol. The minimum absolute atomic E-state index is 0.0232. The predicted octanol–water partition coefficient (Wildman–Crippen LogP) is 34.4. The molecule has 0 atom stereocenters. The molecule has 2 aromatic rings. The Morgan fingerprint density at radius 1 is 0.247 bits per heavy atom. The van der Waals surface area contributed by atoms with Gasteiger partial charge in [0.05, 0.1) is 0 Å². The first-order chi connectivity index (χ1) is 47.0. The third-order valence-electron chi connectivity index (χ3n) is 23.7. The summed E-state index contributed by atoms with van der Waals surface area (Å²) in [7, 11) is -2.73. The summed E-state index contributed by atoms with van der Waals surface area (Å²) in [5, 5.41) is 0. The van der Waals surface area contributed by atoms with E-state index in [-0.39, 0.29) is 21.7 Å². The van der Waals surface area contributed by atoms with Crippen LogP contribution in [0.3, 0.4) is 0 Å². The van der Waals surface area contributed by atoms with Crippen molar-refractivity contribution in [2.45, 2.75) is 522 Å². The van der Waals surface area contributed by atoms with Gasteiger partial charge in [-0.25, -0.2) is 0 Å². The number of halogens is 1. The fraction of sp³-hybridized carbons (Fsp3) is 0.871. The van der Waals surface area contributed by atoms with Gasteiger partial charge in [0.15, 0.2) is 0 Å². The summed E-state index contributed by atoms with van der Waals surface area (Å²) in [6, 6.07) is 9.95. The van der Waals surface area contributed by atoms with Crippen LogP contribution in [0.1, 0.15) is 527 Å². The molecule has 0 radical (unpaired) electrons. The van der Waals surface area contributed by atoms with Crippen LogP contribution in [-0.4, -0.2) is 0 Å². The van der Waals surface area contributed by atoms with Gasteiger partial charge in [-0.1, -0.05) is 493 Å². The average Bonchev–Trinajstić information content (AvgIpc) is 0.753. The maximum Gasteiger partial charge on any atom is 0.505 e. The number of fused-ring (bicyclic) bond motifs is 2. The van der Waals surface area contributed by atoms with Crippen LogP contribution in [-0.2, 0) is 28.1 Å². The Kier molecular flexibility index (Phi) is 52.5. The third-order valence-corrected chi connectivity index (χ3v) is 24.3.